The van der Waals surface area contributed by atoms with Crippen molar-refractivity contribution < 1.29 is 26.9 Å². The monoisotopic (exact) mass is 453 g/mol. The van der Waals surface area contributed by atoms with Crippen molar-refractivity contribution in [2.75, 3.05) is 20.3 Å². The molecule has 7 nitrogen and oxygen atoms in total. The van der Waals surface area contributed by atoms with Crippen LogP contribution in [0.5, 0.6) is 11.5 Å². The summed E-state index contributed by atoms with van der Waals surface area (Å²) >= 11 is 1.39. The predicted molar refractivity (Wildman–Crippen MR) is 116 cm³/mol. The average Bonchev–Trinajstić information content (AvgIpc) is 3.41. The quantitative estimate of drug-likeness (QED) is 0.539. The maximum absolute atomic E-state index is 13.1. The van der Waals surface area contributed by atoms with Crippen LogP contribution < -0.4 is 8.92 Å². The Bertz CT molecular complexity index is 950. The molecule has 1 aliphatic heterocycles. The van der Waals surface area contributed by atoms with E-state index >= 15 is 0 Å². The number of benzene rings is 1. The van der Waals surface area contributed by atoms with E-state index in [-0.39, 0.29) is 17.8 Å². The molecule has 2 aromatic rings. The van der Waals surface area contributed by atoms with Gasteiger partial charge >= 0.3 is 10.1 Å². The van der Waals surface area contributed by atoms with Crippen molar-refractivity contribution in [1.82, 2.24) is 4.90 Å². The van der Waals surface area contributed by atoms with Crippen LogP contribution >= 0.6 is 11.3 Å². The van der Waals surface area contributed by atoms with E-state index in [1.807, 2.05) is 11.4 Å². The van der Waals surface area contributed by atoms with Crippen LogP contribution in [0.25, 0.3) is 0 Å². The highest BCUT2D eigenvalue weighted by atomic mass is 32.2. The van der Waals surface area contributed by atoms with Crippen molar-refractivity contribution >= 4 is 27.4 Å². The first-order chi connectivity index (χ1) is 14.3. The minimum absolute atomic E-state index is 0.00389. The number of thiophene rings is 1. The highest BCUT2D eigenvalue weighted by Gasteiger charge is 2.25. The van der Waals surface area contributed by atoms with Crippen molar-refractivity contribution in [3.8, 4) is 11.5 Å². The molecule has 0 saturated carbocycles. The van der Waals surface area contributed by atoms with Crippen LogP contribution in [0.2, 0.25) is 0 Å². The summed E-state index contributed by atoms with van der Waals surface area (Å²) in [6.45, 7) is 4.59. The summed E-state index contributed by atoms with van der Waals surface area (Å²) in [5.74, 6) is 0.358. The molecule has 1 amide bonds. The van der Waals surface area contributed by atoms with Gasteiger partial charge in [0.2, 0.25) is 0 Å². The number of amides is 1. The lowest BCUT2D eigenvalue weighted by Gasteiger charge is -2.25. The van der Waals surface area contributed by atoms with E-state index in [0.29, 0.717) is 30.3 Å². The Morgan fingerprint density at radius 2 is 2.10 bits per heavy atom. The molecule has 9 heteroatoms. The molecule has 1 aliphatic rings. The van der Waals surface area contributed by atoms with Crippen molar-refractivity contribution in [2.24, 2.45) is 0 Å². The number of carbonyl (C=O) groups excluding carboxylic acids is 1. The van der Waals surface area contributed by atoms with Gasteiger partial charge in [0.1, 0.15) is 0 Å². The van der Waals surface area contributed by atoms with Crippen LogP contribution in [-0.2, 0) is 21.4 Å². The Hall–Kier alpha value is -2.10. The first-order valence-electron chi connectivity index (χ1n) is 9.84. The maximum Gasteiger partial charge on any atom is 0.311 e. The SMILES string of the molecule is COc1ccc(CN(CC2CCCO2)C(=O)c2cccs2)cc1OS(=O)(=O)C(C)C. The molecule has 30 heavy (non-hydrogen) atoms. The maximum atomic E-state index is 13.1. The average molecular weight is 454 g/mol. The standard InChI is InChI=1S/C21H27NO6S2/c1-15(2)30(24,25)28-19-12-16(8-9-18(19)26-3)13-22(14-17-6-4-10-27-17)21(23)20-7-5-11-29-20/h5,7-9,11-12,15,17H,4,6,10,13-14H2,1-3H3. The third kappa shape index (κ3) is 5.53. The van der Waals surface area contributed by atoms with Gasteiger partial charge in [-0.2, -0.15) is 8.42 Å². The van der Waals surface area contributed by atoms with Crippen LogP contribution in [0, 0.1) is 0 Å². The third-order valence-electron chi connectivity index (χ3n) is 4.85. The fraction of sp³-hybridized carbons (Fsp3) is 0.476. The summed E-state index contributed by atoms with van der Waals surface area (Å²) in [5.41, 5.74) is 0.743. The van der Waals surface area contributed by atoms with Crippen molar-refractivity contribution in [2.45, 2.75) is 44.6 Å². The first kappa shape index (κ1) is 22.6. The molecule has 1 saturated heterocycles. The Morgan fingerprint density at radius 1 is 1.30 bits per heavy atom. The van der Waals surface area contributed by atoms with Gasteiger partial charge in [-0.3, -0.25) is 4.79 Å². The summed E-state index contributed by atoms with van der Waals surface area (Å²) in [6, 6.07) is 8.72. The van der Waals surface area contributed by atoms with Gasteiger partial charge in [0.05, 0.1) is 23.3 Å². The van der Waals surface area contributed by atoms with Gasteiger partial charge in [-0.15, -0.1) is 11.3 Å². The van der Waals surface area contributed by atoms with Gasteiger partial charge in [0.15, 0.2) is 11.5 Å². The van der Waals surface area contributed by atoms with E-state index in [0.717, 1.165) is 18.4 Å². The van der Waals surface area contributed by atoms with Crippen LogP contribution in [0.3, 0.4) is 0 Å². The van der Waals surface area contributed by atoms with Gasteiger partial charge in [-0.25, -0.2) is 0 Å². The van der Waals surface area contributed by atoms with Gasteiger partial charge < -0.3 is 18.6 Å². The molecule has 0 spiro atoms. The normalized spacial score (nSPS) is 16.6. The van der Waals surface area contributed by atoms with Gasteiger partial charge in [0.25, 0.3) is 5.91 Å². The Balaban J connectivity index is 1.85. The van der Waals surface area contributed by atoms with E-state index in [1.165, 1.54) is 18.4 Å². The van der Waals surface area contributed by atoms with Crippen molar-refractivity contribution in [3.63, 3.8) is 0 Å². The topological polar surface area (TPSA) is 82.1 Å². The first-order valence-corrected chi connectivity index (χ1v) is 12.2. The zero-order chi connectivity index (χ0) is 21.7. The fourth-order valence-electron chi connectivity index (χ4n) is 3.14. The lowest BCUT2D eigenvalue weighted by Crippen LogP contribution is -2.36. The highest BCUT2D eigenvalue weighted by molar-refractivity contribution is 7.87. The zero-order valence-electron chi connectivity index (χ0n) is 17.4. The number of rotatable bonds is 9. The van der Waals surface area contributed by atoms with Gasteiger partial charge in [-0.05, 0) is 55.8 Å². The summed E-state index contributed by atoms with van der Waals surface area (Å²) in [7, 11) is -2.33. The van der Waals surface area contributed by atoms with Crippen molar-refractivity contribution in [3.05, 3.63) is 46.2 Å². The zero-order valence-corrected chi connectivity index (χ0v) is 19.0. The summed E-state index contributed by atoms with van der Waals surface area (Å²) in [6.07, 6.45) is 1.90. The number of hydrogen-bond donors (Lipinski definition) is 0. The van der Waals surface area contributed by atoms with Crippen LogP contribution in [-0.4, -0.2) is 50.8 Å². The molecule has 1 unspecified atom stereocenters. The molecule has 0 aliphatic carbocycles. The molecule has 0 radical (unpaired) electrons. The molecular weight excluding hydrogens is 426 g/mol. The molecule has 1 fully saturated rings. The third-order valence-corrected chi connectivity index (χ3v) is 7.28. The second kappa shape index (κ2) is 9.80. The molecule has 0 N–H and O–H groups in total. The summed E-state index contributed by atoms with van der Waals surface area (Å²) in [5, 5.41) is 1.18. The Kier molecular flexibility index (Phi) is 7.38. The van der Waals surface area contributed by atoms with E-state index in [9.17, 15) is 13.2 Å². The smallest absolute Gasteiger partial charge is 0.311 e. The van der Waals surface area contributed by atoms with E-state index in [2.05, 4.69) is 0 Å². The number of hydrogen-bond acceptors (Lipinski definition) is 7. The molecule has 2 heterocycles. The lowest BCUT2D eigenvalue weighted by atomic mass is 10.1. The van der Waals surface area contributed by atoms with E-state index in [4.69, 9.17) is 13.7 Å². The molecule has 1 aromatic heterocycles. The minimum atomic E-state index is -3.78. The summed E-state index contributed by atoms with van der Waals surface area (Å²) < 4.78 is 40.8. The highest BCUT2D eigenvalue weighted by Crippen LogP contribution is 2.31. The molecule has 0 bridgehead atoms. The van der Waals surface area contributed by atoms with E-state index < -0.39 is 15.4 Å². The minimum Gasteiger partial charge on any atom is -0.493 e. The Labute approximate surface area is 181 Å². The molecule has 164 valence electrons. The fourth-order valence-corrected chi connectivity index (χ4v) is 4.40. The molecule has 1 aromatic carbocycles. The van der Waals surface area contributed by atoms with Crippen LogP contribution in [0.1, 0.15) is 41.9 Å². The predicted octanol–water partition coefficient (Wildman–Crippen LogP) is 3.70. The number of methoxy groups -OCH3 is 1. The summed E-state index contributed by atoms with van der Waals surface area (Å²) in [4.78, 5) is 15.4. The molecule has 3 rings (SSSR count). The van der Waals surface area contributed by atoms with Crippen LogP contribution in [0.15, 0.2) is 35.7 Å². The van der Waals surface area contributed by atoms with Gasteiger partial charge in [-0.1, -0.05) is 12.1 Å². The largest absolute Gasteiger partial charge is 0.493 e. The van der Waals surface area contributed by atoms with Crippen LogP contribution in [0.4, 0.5) is 0 Å². The van der Waals surface area contributed by atoms with E-state index in [1.54, 1.807) is 43.0 Å². The number of ether oxygens (including phenoxy) is 2. The second-order valence-corrected chi connectivity index (χ2v) is 10.5. The number of nitrogens with zero attached hydrogens (tertiary/aromatic N) is 1. The lowest BCUT2D eigenvalue weighted by molar-refractivity contribution is 0.0511. The number of carbonyl (C=O) groups is 1. The molecular formula is C21H27NO6S2. The Morgan fingerprint density at radius 3 is 2.70 bits per heavy atom. The van der Waals surface area contributed by atoms with Crippen molar-refractivity contribution in [1.29, 1.82) is 0 Å². The molecule has 1 atom stereocenters. The second-order valence-electron chi connectivity index (χ2n) is 7.41. The van der Waals surface area contributed by atoms with Gasteiger partial charge in [0, 0.05) is 19.7 Å².